The fourth-order valence-corrected chi connectivity index (χ4v) is 2.24. The minimum absolute atomic E-state index is 0.0841. The quantitative estimate of drug-likeness (QED) is 0.511. The topological polar surface area (TPSA) is 81.7 Å². The number of benzene rings is 1. The second kappa shape index (κ2) is 8.30. The Morgan fingerprint density at radius 1 is 1.05 bits per heavy atom. The first-order valence-electron chi connectivity index (χ1n) is 6.91. The SMILES string of the molecule is CCCCOc1ccc(P(=O)([O-])[O-])c(OCCCC)c1. The van der Waals surface area contributed by atoms with Gasteiger partial charge in [-0.1, -0.05) is 26.7 Å². The Morgan fingerprint density at radius 3 is 2.20 bits per heavy atom. The van der Waals surface area contributed by atoms with Crippen molar-refractivity contribution in [3.63, 3.8) is 0 Å². The highest BCUT2D eigenvalue weighted by Gasteiger charge is 2.09. The van der Waals surface area contributed by atoms with Crippen molar-refractivity contribution in [1.29, 1.82) is 0 Å². The molecule has 0 heterocycles. The predicted octanol–water partition coefficient (Wildman–Crippen LogP) is 1.58. The summed E-state index contributed by atoms with van der Waals surface area (Å²) < 4.78 is 22.1. The summed E-state index contributed by atoms with van der Waals surface area (Å²) >= 11 is 0. The van der Waals surface area contributed by atoms with E-state index in [2.05, 4.69) is 6.92 Å². The van der Waals surface area contributed by atoms with Gasteiger partial charge < -0.3 is 23.8 Å². The van der Waals surface area contributed by atoms with E-state index >= 15 is 0 Å². The molecule has 0 aromatic heterocycles. The maximum atomic E-state index is 11.2. The van der Waals surface area contributed by atoms with Gasteiger partial charge in [-0.15, -0.1) is 0 Å². The molecule has 0 bridgehead atoms. The summed E-state index contributed by atoms with van der Waals surface area (Å²) in [5, 5.41) is -0.309. The van der Waals surface area contributed by atoms with Crippen molar-refractivity contribution in [1.82, 2.24) is 0 Å². The van der Waals surface area contributed by atoms with E-state index in [0.717, 1.165) is 25.7 Å². The first-order valence-corrected chi connectivity index (χ1v) is 8.45. The highest BCUT2D eigenvalue weighted by atomic mass is 31.2. The number of hydrogen-bond donors (Lipinski definition) is 0. The van der Waals surface area contributed by atoms with Crippen LogP contribution in [0.5, 0.6) is 11.5 Å². The Bertz CT molecular complexity index is 455. The van der Waals surface area contributed by atoms with Crippen molar-refractivity contribution in [3.8, 4) is 11.5 Å². The van der Waals surface area contributed by atoms with Crippen LogP contribution in [0.25, 0.3) is 0 Å². The van der Waals surface area contributed by atoms with Crippen molar-refractivity contribution in [2.75, 3.05) is 13.2 Å². The lowest BCUT2D eigenvalue weighted by Crippen LogP contribution is -2.26. The number of hydrogen-bond acceptors (Lipinski definition) is 5. The van der Waals surface area contributed by atoms with Gasteiger partial charge in [0.25, 0.3) is 0 Å². The molecule has 0 fully saturated rings. The Kier molecular flexibility index (Phi) is 7.06. The van der Waals surface area contributed by atoms with Crippen LogP contribution in [0.3, 0.4) is 0 Å². The molecule has 5 nitrogen and oxygen atoms in total. The predicted molar refractivity (Wildman–Crippen MR) is 74.5 cm³/mol. The molecule has 1 aromatic rings. The van der Waals surface area contributed by atoms with Crippen LogP contribution in [-0.2, 0) is 4.57 Å². The zero-order valence-corrected chi connectivity index (χ0v) is 12.9. The van der Waals surface area contributed by atoms with E-state index in [1.54, 1.807) is 0 Å². The first-order chi connectivity index (χ1) is 9.49. The van der Waals surface area contributed by atoms with Gasteiger partial charge >= 0.3 is 0 Å². The summed E-state index contributed by atoms with van der Waals surface area (Å²) in [6.07, 6.45) is 3.64. The van der Waals surface area contributed by atoms with Crippen molar-refractivity contribution < 1.29 is 23.8 Å². The molecule has 0 N–H and O–H groups in total. The molecule has 0 aliphatic heterocycles. The smallest absolute Gasteiger partial charge is 0.131 e. The van der Waals surface area contributed by atoms with E-state index in [0.29, 0.717) is 19.0 Å². The lowest BCUT2D eigenvalue weighted by atomic mass is 10.3. The number of unbranched alkanes of at least 4 members (excludes halogenated alkanes) is 2. The average molecular weight is 300 g/mol. The van der Waals surface area contributed by atoms with Crippen LogP contribution in [0.2, 0.25) is 0 Å². The molecule has 0 spiro atoms. The maximum absolute atomic E-state index is 11.2. The van der Waals surface area contributed by atoms with Crippen LogP contribution in [0, 0.1) is 0 Å². The Labute approximate surface area is 120 Å². The average Bonchev–Trinajstić information content (AvgIpc) is 2.38. The van der Waals surface area contributed by atoms with E-state index in [-0.39, 0.29) is 11.1 Å². The summed E-state index contributed by atoms with van der Waals surface area (Å²) in [5.74, 6) is 0.600. The van der Waals surface area contributed by atoms with Gasteiger partial charge in [-0.3, -0.25) is 0 Å². The lowest BCUT2D eigenvalue weighted by Gasteiger charge is -2.31. The van der Waals surface area contributed by atoms with Crippen LogP contribution in [0.4, 0.5) is 0 Å². The van der Waals surface area contributed by atoms with E-state index in [4.69, 9.17) is 9.47 Å². The van der Waals surface area contributed by atoms with Gasteiger partial charge in [0.15, 0.2) is 0 Å². The monoisotopic (exact) mass is 300 g/mol. The second-order valence-electron chi connectivity index (χ2n) is 4.53. The number of ether oxygens (including phenoxy) is 2. The van der Waals surface area contributed by atoms with Crippen molar-refractivity contribution in [3.05, 3.63) is 18.2 Å². The Balaban J connectivity index is 2.87. The highest BCUT2D eigenvalue weighted by Crippen LogP contribution is 2.31. The minimum atomic E-state index is -4.84. The van der Waals surface area contributed by atoms with E-state index in [9.17, 15) is 14.4 Å². The standard InChI is InChI=1S/C14H23O5P/c1-3-5-9-18-12-7-8-14(20(15,16)17)13(11-12)19-10-6-4-2/h7-8,11H,3-6,9-10H2,1-2H3,(H2,15,16,17)/p-2. The van der Waals surface area contributed by atoms with Crippen molar-refractivity contribution in [2.24, 2.45) is 0 Å². The van der Waals surface area contributed by atoms with Gasteiger partial charge in [0.05, 0.1) is 13.2 Å². The van der Waals surface area contributed by atoms with E-state index in [1.807, 2.05) is 6.92 Å². The van der Waals surface area contributed by atoms with Crippen LogP contribution in [0.15, 0.2) is 18.2 Å². The molecule has 114 valence electrons. The molecule has 20 heavy (non-hydrogen) atoms. The van der Waals surface area contributed by atoms with Crippen LogP contribution in [0.1, 0.15) is 39.5 Å². The molecule has 1 rings (SSSR count). The maximum Gasteiger partial charge on any atom is 0.131 e. The van der Waals surface area contributed by atoms with Crippen LogP contribution >= 0.6 is 7.60 Å². The van der Waals surface area contributed by atoms with Crippen molar-refractivity contribution >= 4 is 12.9 Å². The van der Waals surface area contributed by atoms with Crippen LogP contribution < -0.4 is 24.6 Å². The van der Waals surface area contributed by atoms with Gasteiger partial charge in [0, 0.05) is 11.4 Å². The van der Waals surface area contributed by atoms with E-state index < -0.39 is 7.60 Å². The number of rotatable bonds is 9. The van der Waals surface area contributed by atoms with Gasteiger partial charge in [-0.2, -0.15) is 0 Å². The van der Waals surface area contributed by atoms with Crippen LogP contribution in [-0.4, -0.2) is 13.2 Å². The third-order valence-corrected chi connectivity index (χ3v) is 3.71. The lowest BCUT2D eigenvalue weighted by molar-refractivity contribution is -0.308. The molecule has 6 heteroatoms. The molecule has 0 atom stereocenters. The van der Waals surface area contributed by atoms with Crippen molar-refractivity contribution in [2.45, 2.75) is 39.5 Å². The fourth-order valence-electron chi connectivity index (χ4n) is 1.59. The molecule has 0 aliphatic rings. The molecule has 0 amide bonds. The molecular weight excluding hydrogens is 279 g/mol. The van der Waals surface area contributed by atoms with Gasteiger partial charge in [0.1, 0.15) is 11.5 Å². The Hall–Kier alpha value is -1.03. The zero-order valence-electron chi connectivity index (χ0n) is 12.0. The largest absolute Gasteiger partial charge is 0.807 e. The molecule has 1 aromatic carbocycles. The Morgan fingerprint density at radius 2 is 1.65 bits per heavy atom. The second-order valence-corrected chi connectivity index (χ2v) is 6.01. The fraction of sp³-hybridized carbons (Fsp3) is 0.571. The third kappa shape index (κ3) is 5.53. The summed E-state index contributed by atoms with van der Waals surface area (Å²) in [7, 11) is -4.84. The van der Waals surface area contributed by atoms with Gasteiger partial charge in [-0.25, -0.2) is 0 Å². The van der Waals surface area contributed by atoms with Gasteiger partial charge in [0.2, 0.25) is 0 Å². The molecule has 0 radical (unpaired) electrons. The summed E-state index contributed by atoms with van der Waals surface area (Å²) in [5.41, 5.74) is 0. The van der Waals surface area contributed by atoms with Gasteiger partial charge in [-0.05, 0) is 32.6 Å². The minimum Gasteiger partial charge on any atom is -0.807 e. The normalized spacial score (nSPS) is 11.4. The molecular formula is C14H21O5P-2. The third-order valence-electron chi connectivity index (χ3n) is 2.75. The highest BCUT2D eigenvalue weighted by molar-refractivity contribution is 7.57. The summed E-state index contributed by atoms with van der Waals surface area (Å²) in [4.78, 5) is 22.4. The molecule has 0 saturated carbocycles. The molecule has 0 unspecified atom stereocenters. The zero-order chi connectivity index (χ0) is 15.0. The molecule has 0 aliphatic carbocycles. The van der Waals surface area contributed by atoms with E-state index in [1.165, 1.54) is 18.2 Å². The first kappa shape index (κ1) is 17.0. The summed E-state index contributed by atoms with van der Waals surface area (Å²) in [6.45, 7) is 4.98. The summed E-state index contributed by atoms with van der Waals surface area (Å²) in [6, 6.07) is 4.21. The molecule has 0 saturated heterocycles.